The quantitative estimate of drug-likeness (QED) is 0.411. The molecule has 0 aliphatic carbocycles. The van der Waals surface area contributed by atoms with Gasteiger partial charge in [0.2, 0.25) is 5.88 Å². The fraction of sp³-hybridized carbons (Fsp3) is 0.217. The maximum atomic E-state index is 10.9. The van der Waals surface area contributed by atoms with E-state index in [9.17, 15) is 9.46 Å². The molecule has 2 aromatic heterocycles. The Morgan fingerprint density at radius 1 is 1.21 bits per heavy atom. The molecule has 4 rings (SSSR count). The van der Waals surface area contributed by atoms with Crippen molar-refractivity contribution in [3.05, 3.63) is 95.7 Å². The van der Waals surface area contributed by atoms with E-state index in [-0.39, 0.29) is 0 Å². The third-order valence-electron chi connectivity index (χ3n) is 5.11. The lowest BCUT2D eigenvalue weighted by Gasteiger charge is -2.31. The van der Waals surface area contributed by atoms with Crippen LogP contribution >= 0.6 is 7.82 Å². The molecule has 0 spiro atoms. The zero-order valence-corrected chi connectivity index (χ0v) is 19.1. The number of phosphoric ester groups is 1. The molecule has 1 aliphatic heterocycles. The van der Waals surface area contributed by atoms with Gasteiger partial charge >= 0.3 is 0 Å². The third-order valence-corrected chi connectivity index (χ3v) is 5.55. The lowest BCUT2D eigenvalue weighted by Crippen LogP contribution is -2.41. The van der Waals surface area contributed by atoms with E-state index in [0.717, 1.165) is 12.0 Å². The summed E-state index contributed by atoms with van der Waals surface area (Å²) >= 11 is 0. The number of hydrogen-bond donors (Lipinski definition) is 2. The number of nitrogens with two attached hydrogens (primary N) is 1. The van der Waals surface area contributed by atoms with E-state index in [1.54, 1.807) is 30.6 Å². The second kappa shape index (κ2) is 10.8. The molecule has 0 bridgehead atoms. The lowest BCUT2D eigenvalue weighted by molar-refractivity contribution is -0.222. The van der Waals surface area contributed by atoms with Gasteiger partial charge in [-0.2, -0.15) is 0 Å². The standard InChI is InChI=1S/C23H25N4O6P/c24-23-20(7-4-11-27(23)16-32-34(28,29)30)21-14-19(26-33-21)13-18-8-9-22(25-15-18)31-12-10-17-5-2-1-3-6-17/h1-9,11,14-15,23H,10,12-13,16,24H2,(H2,28,29,30)/p-1. The van der Waals surface area contributed by atoms with Crippen LogP contribution in [0.3, 0.4) is 0 Å². The highest BCUT2D eigenvalue weighted by molar-refractivity contribution is 7.44. The fourth-order valence-electron chi connectivity index (χ4n) is 3.38. The van der Waals surface area contributed by atoms with Gasteiger partial charge in [0.05, 0.1) is 12.3 Å². The Kier molecular flexibility index (Phi) is 7.56. The molecular formula is C23H24N4O6P-. The summed E-state index contributed by atoms with van der Waals surface area (Å²) in [5.41, 5.74) is 9.59. The number of ether oxygens (including phenoxy) is 1. The summed E-state index contributed by atoms with van der Waals surface area (Å²) in [6.07, 6.45) is 7.24. The molecular weight excluding hydrogens is 459 g/mol. The number of aromatic nitrogens is 2. The summed E-state index contributed by atoms with van der Waals surface area (Å²) in [6, 6.07) is 15.6. The van der Waals surface area contributed by atoms with E-state index in [2.05, 4.69) is 26.8 Å². The number of rotatable bonds is 10. The first-order valence-corrected chi connectivity index (χ1v) is 12.0. The molecule has 2 unspecified atom stereocenters. The normalized spacial score (nSPS) is 17.3. The van der Waals surface area contributed by atoms with Crippen LogP contribution in [0, 0.1) is 0 Å². The summed E-state index contributed by atoms with van der Waals surface area (Å²) in [5, 5.41) is 4.10. The van der Waals surface area contributed by atoms with Gasteiger partial charge in [-0.3, -0.25) is 9.09 Å². The smallest absolute Gasteiger partial charge is 0.266 e. The van der Waals surface area contributed by atoms with Crippen LogP contribution in [0.4, 0.5) is 0 Å². The fourth-order valence-corrected chi connectivity index (χ4v) is 3.66. The first kappa shape index (κ1) is 23.9. The Morgan fingerprint density at radius 2 is 2.03 bits per heavy atom. The number of hydrogen-bond acceptors (Lipinski definition) is 9. The molecule has 3 aromatic rings. The zero-order chi connectivity index (χ0) is 24.0. The van der Waals surface area contributed by atoms with E-state index >= 15 is 0 Å². The van der Waals surface area contributed by atoms with Crippen LogP contribution in [0.5, 0.6) is 5.88 Å². The SMILES string of the molecule is NC1C(c2cc(Cc3ccc(OCCc4ccccc4)nc3)no2)=CC=CN1COP(=O)([O-])O. The number of pyridine rings is 1. The second-order valence-electron chi connectivity index (χ2n) is 7.60. The summed E-state index contributed by atoms with van der Waals surface area (Å²) < 4.78 is 26.4. The van der Waals surface area contributed by atoms with Gasteiger partial charge in [-0.1, -0.05) is 47.6 Å². The summed E-state index contributed by atoms with van der Waals surface area (Å²) in [4.78, 5) is 25.4. The number of phosphoric acid groups is 1. The van der Waals surface area contributed by atoms with E-state index in [1.165, 1.54) is 10.5 Å². The molecule has 178 valence electrons. The van der Waals surface area contributed by atoms with Gasteiger partial charge in [0.1, 0.15) is 12.9 Å². The Balaban J connectivity index is 1.31. The first-order chi connectivity index (χ1) is 16.4. The van der Waals surface area contributed by atoms with Crippen LogP contribution in [0.15, 0.2) is 77.6 Å². The van der Waals surface area contributed by atoms with Gasteiger partial charge in [-0.05, 0) is 17.2 Å². The molecule has 2 atom stereocenters. The molecule has 10 nitrogen and oxygen atoms in total. The minimum absolute atomic E-state index is 0.432. The van der Waals surface area contributed by atoms with Gasteiger partial charge < -0.3 is 29.7 Å². The molecule has 1 aromatic carbocycles. The van der Waals surface area contributed by atoms with Crippen LogP contribution in [0.1, 0.15) is 22.6 Å². The van der Waals surface area contributed by atoms with E-state index in [0.29, 0.717) is 35.9 Å². The highest BCUT2D eigenvalue weighted by Crippen LogP contribution is 2.32. The molecule has 0 radical (unpaired) electrons. The molecule has 1 aliphatic rings. The van der Waals surface area contributed by atoms with Gasteiger partial charge in [-0.15, -0.1) is 0 Å². The van der Waals surface area contributed by atoms with E-state index < -0.39 is 20.7 Å². The predicted octanol–water partition coefficient (Wildman–Crippen LogP) is 2.21. The Morgan fingerprint density at radius 3 is 2.76 bits per heavy atom. The molecule has 0 amide bonds. The van der Waals surface area contributed by atoms with Crippen molar-refractivity contribution in [3.8, 4) is 5.88 Å². The van der Waals surface area contributed by atoms with Crippen molar-refractivity contribution >= 4 is 13.4 Å². The molecule has 3 heterocycles. The van der Waals surface area contributed by atoms with Crippen molar-refractivity contribution < 1.29 is 28.1 Å². The topological polar surface area (TPSA) is 147 Å². The molecule has 3 N–H and O–H groups in total. The average Bonchev–Trinajstić information content (AvgIpc) is 3.28. The average molecular weight is 483 g/mol. The first-order valence-electron chi connectivity index (χ1n) is 10.5. The number of nitrogens with zero attached hydrogens (tertiary/aromatic N) is 3. The van der Waals surface area contributed by atoms with Gasteiger partial charge in [0, 0.05) is 42.9 Å². The monoisotopic (exact) mass is 483 g/mol. The van der Waals surface area contributed by atoms with Crippen LogP contribution in [-0.2, 0) is 21.9 Å². The maximum absolute atomic E-state index is 10.9. The number of allylic oxidation sites excluding steroid dienone is 2. The molecule has 0 fully saturated rings. The molecule has 34 heavy (non-hydrogen) atoms. The van der Waals surface area contributed by atoms with Crippen LogP contribution < -0.4 is 15.4 Å². The van der Waals surface area contributed by atoms with Gasteiger partial charge in [-0.25, -0.2) is 4.98 Å². The Bertz CT molecular complexity index is 1190. The van der Waals surface area contributed by atoms with E-state index in [1.807, 2.05) is 30.3 Å². The molecule has 0 saturated carbocycles. The minimum atomic E-state index is -4.86. The Hall–Kier alpha value is -3.27. The highest BCUT2D eigenvalue weighted by Gasteiger charge is 2.24. The van der Waals surface area contributed by atoms with Crippen molar-refractivity contribution in [3.63, 3.8) is 0 Å². The van der Waals surface area contributed by atoms with Crippen molar-refractivity contribution in [2.24, 2.45) is 5.73 Å². The summed E-state index contributed by atoms with van der Waals surface area (Å²) in [6.45, 7) is 0.109. The maximum Gasteiger partial charge on any atom is 0.266 e. The molecule has 0 saturated heterocycles. The van der Waals surface area contributed by atoms with Crippen molar-refractivity contribution in [2.75, 3.05) is 13.3 Å². The van der Waals surface area contributed by atoms with Crippen molar-refractivity contribution in [1.82, 2.24) is 15.0 Å². The lowest BCUT2D eigenvalue weighted by atomic mass is 10.1. The van der Waals surface area contributed by atoms with Gasteiger partial charge in [0.25, 0.3) is 7.82 Å². The van der Waals surface area contributed by atoms with E-state index in [4.69, 9.17) is 19.9 Å². The number of benzene rings is 1. The predicted molar refractivity (Wildman–Crippen MR) is 122 cm³/mol. The minimum Gasteiger partial charge on any atom is -0.756 e. The summed E-state index contributed by atoms with van der Waals surface area (Å²) in [5.74, 6) is 0.999. The molecule has 11 heteroatoms. The third kappa shape index (κ3) is 6.63. The van der Waals surface area contributed by atoms with Gasteiger partial charge in [0.15, 0.2) is 5.76 Å². The highest BCUT2D eigenvalue weighted by atomic mass is 31.2. The zero-order valence-electron chi connectivity index (χ0n) is 18.2. The van der Waals surface area contributed by atoms with Crippen molar-refractivity contribution in [2.45, 2.75) is 19.0 Å². The van der Waals surface area contributed by atoms with Crippen LogP contribution in [0.2, 0.25) is 0 Å². The Labute approximate surface area is 196 Å². The van der Waals surface area contributed by atoms with Crippen LogP contribution in [-0.4, -0.2) is 39.4 Å². The van der Waals surface area contributed by atoms with Crippen LogP contribution in [0.25, 0.3) is 5.57 Å². The summed E-state index contributed by atoms with van der Waals surface area (Å²) in [7, 11) is -4.86. The second-order valence-corrected chi connectivity index (χ2v) is 8.79. The van der Waals surface area contributed by atoms with Crippen molar-refractivity contribution in [1.29, 1.82) is 0 Å². The largest absolute Gasteiger partial charge is 0.756 e.